The molecule has 0 rings (SSSR count). The maximum Gasteiger partial charge on any atom is 0.0296 e. The van der Waals surface area contributed by atoms with E-state index in [4.69, 9.17) is 6.42 Å². The van der Waals surface area contributed by atoms with Gasteiger partial charge in [-0.2, -0.15) is 0 Å². The van der Waals surface area contributed by atoms with Gasteiger partial charge in [0.2, 0.25) is 0 Å². The van der Waals surface area contributed by atoms with E-state index in [0.717, 1.165) is 0 Å². The average Bonchev–Trinajstić information content (AvgIpc) is 1.67. The van der Waals surface area contributed by atoms with Crippen LogP contribution in [0.15, 0.2) is 0 Å². The molecule has 8 heavy (non-hydrogen) atoms. The molecular formula is C5H7O2S-. The van der Waals surface area contributed by atoms with E-state index in [1.807, 2.05) is 0 Å². The summed E-state index contributed by atoms with van der Waals surface area (Å²) in [6.45, 7) is 1.57. The standard InChI is InChI=1S/C5H8O2S/c1-3-4-5(2)8(6)7/h1,5H,4H2,2H3,(H,6,7)/p-1. The zero-order valence-electron chi connectivity index (χ0n) is 4.59. The van der Waals surface area contributed by atoms with Gasteiger partial charge in [-0.3, -0.25) is 4.21 Å². The van der Waals surface area contributed by atoms with Crippen LogP contribution in [-0.2, 0) is 11.1 Å². The first kappa shape index (κ1) is 7.67. The van der Waals surface area contributed by atoms with Gasteiger partial charge >= 0.3 is 0 Å². The predicted molar refractivity (Wildman–Crippen MR) is 31.8 cm³/mol. The molecule has 0 aliphatic rings. The summed E-state index contributed by atoms with van der Waals surface area (Å²) in [7, 11) is 0. The third kappa shape index (κ3) is 2.78. The third-order valence-corrected chi connectivity index (χ3v) is 1.56. The van der Waals surface area contributed by atoms with Crippen molar-refractivity contribution in [3.63, 3.8) is 0 Å². The van der Waals surface area contributed by atoms with Crippen molar-refractivity contribution in [3.8, 4) is 12.3 Å². The smallest absolute Gasteiger partial charge is 0.0296 e. The fraction of sp³-hybridized carbons (Fsp3) is 0.600. The highest BCUT2D eigenvalue weighted by Crippen LogP contribution is 1.94. The van der Waals surface area contributed by atoms with E-state index in [0.29, 0.717) is 6.42 Å². The maximum atomic E-state index is 9.99. The van der Waals surface area contributed by atoms with Crippen molar-refractivity contribution in [2.45, 2.75) is 18.6 Å². The number of hydrogen-bond acceptors (Lipinski definition) is 2. The average molecular weight is 131 g/mol. The molecule has 3 heteroatoms. The van der Waals surface area contributed by atoms with E-state index in [1.54, 1.807) is 6.92 Å². The Morgan fingerprint density at radius 2 is 2.50 bits per heavy atom. The summed E-state index contributed by atoms with van der Waals surface area (Å²) in [5, 5.41) is -0.403. The highest BCUT2D eigenvalue weighted by atomic mass is 32.2. The van der Waals surface area contributed by atoms with Gasteiger partial charge < -0.3 is 4.55 Å². The lowest BCUT2D eigenvalue weighted by atomic mass is 10.3. The summed E-state index contributed by atoms with van der Waals surface area (Å²) in [5.74, 6) is 2.26. The van der Waals surface area contributed by atoms with Crippen LogP contribution in [0.2, 0.25) is 0 Å². The first-order valence-corrected chi connectivity index (χ1v) is 3.33. The molecule has 0 saturated heterocycles. The first-order valence-electron chi connectivity index (χ1n) is 2.20. The molecule has 0 aromatic carbocycles. The third-order valence-electron chi connectivity index (χ3n) is 0.734. The molecule has 2 atom stereocenters. The molecule has 0 aliphatic heterocycles. The minimum atomic E-state index is -2.00. The second-order valence-electron chi connectivity index (χ2n) is 1.48. The van der Waals surface area contributed by atoms with Crippen molar-refractivity contribution in [3.05, 3.63) is 0 Å². The summed E-state index contributed by atoms with van der Waals surface area (Å²) in [6.07, 6.45) is 5.15. The molecule has 0 N–H and O–H groups in total. The summed E-state index contributed by atoms with van der Waals surface area (Å²) >= 11 is -2.00. The molecule has 0 spiro atoms. The van der Waals surface area contributed by atoms with Crippen LogP contribution in [0.5, 0.6) is 0 Å². The number of terminal acetylenes is 1. The van der Waals surface area contributed by atoms with Crippen molar-refractivity contribution < 1.29 is 8.76 Å². The Morgan fingerprint density at radius 3 is 2.62 bits per heavy atom. The molecule has 0 aromatic heterocycles. The van der Waals surface area contributed by atoms with E-state index < -0.39 is 16.3 Å². The van der Waals surface area contributed by atoms with Gasteiger partial charge in [-0.15, -0.1) is 12.3 Å². The van der Waals surface area contributed by atoms with Gasteiger partial charge in [-0.1, -0.05) is 18.0 Å². The van der Waals surface area contributed by atoms with Crippen LogP contribution >= 0.6 is 0 Å². The zero-order chi connectivity index (χ0) is 6.57. The summed E-state index contributed by atoms with van der Waals surface area (Å²) in [5.41, 5.74) is 0. The SMILES string of the molecule is C#CCC(C)S(=O)[O-]. The number of hydrogen-bond donors (Lipinski definition) is 0. The highest BCUT2D eigenvalue weighted by molar-refractivity contribution is 7.79. The van der Waals surface area contributed by atoms with Crippen LogP contribution in [0.3, 0.4) is 0 Å². The van der Waals surface area contributed by atoms with Crippen molar-refractivity contribution in [1.82, 2.24) is 0 Å². The van der Waals surface area contributed by atoms with Gasteiger partial charge in [0.1, 0.15) is 0 Å². The monoisotopic (exact) mass is 131 g/mol. The van der Waals surface area contributed by atoms with Crippen LogP contribution in [0.4, 0.5) is 0 Å². The fourth-order valence-corrected chi connectivity index (χ4v) is 0.466. The predicted octanol–water partition coefficient (Wildman–Crippen LogP) is 0.277. The molecule has 0 fully saturated rings. The quantitative estimate of drug-likeness (QED) is 0.399. The topological polar surface area (TPSA) is 40.1 Å². The van der Waals surface area contributed by atoms with Crippen LogP contribution in [-0.4, -0.2) is 14.0 Å². The van der Waals surface area contributed by atoms with Crippen molar-refractivity contribution in [2.24, 2.45) is 0 Å². The molecule has 46 valence electrons. The van der Waals surface area contributed by atoms with E-state index in [1.165, 1.54) is 0 Å². The fourth-order valence-electron chi connectivity index (χ4n) is 0.234. The Morgan fingerprint density at radius 1 is 2.00 bits per heavy atom. The number of rotatable bonds is 2. The minimum absolute atomic E-state index is 0.302. The van der Waals surface area contributed by atoms with Crippen molar-refractivity contribution in [1.29, 1.82) is 0 Å². The Kier molecular flexibility index (Phi) is 3.49. The van der Waals surface area contributed by atoms with E-state index >= 15 is 0 Å². The lowest BCUT2D eigenvalue weighted by molar-refractivity contribution is 0.526. The molecule has 0 saturated carbocycles. The Balaban J connectivity index is 3.52. The molecule has 2 nitrogen and oxygen atoms in total. The lowest BCUT2D eigenvalue weighted by Crippen LogP contribution is -2.07. The molecule has 0 radical (unpaired) electrons. The first-order chi connectivity index (χ1) is 3.68. The van der Waals surface area contributed by atoms with E-state index in [2.05, 4.69) is 5.92 Å². The minimum Gasteiger partial charge on any atom is -0.772 e. The van der Waals surface area contributed by atoms with E-state index in [9.17, 15) is 8.76 Å². The second kappa shape index (κ2) is 3.65. The van der Waals surface area contributed by atoms with Crippen LogP contribution < -0.4 is 0 Å². The molecule has 0 aromatic rings. The molecule has 0 bridgehead atoms. The zero-order valence-corrected chi connectivity index (χ0v) is 5.40. The Hall–Kier alpha value is -0.330. The Bertz CT molecular complexity index is 125. The van der Waals surface area contributed by atoms with Crippen molar-refractivity contribution in [2.75, 3.05) is 0 Å². The van der Waals surface area contributed by atoms with Gasteiger partial charge in [0.25, 0.3) is 0 Å². The van der Waals surface area contributed by atoms with Gasteiger partial charge in [-0.25, -0.2) is 0 Å². The lowest BCUT2D eigenvalue weighted by Gasteiger charge is -2.09. The van der Waals surface area contributed by atoms with Gasteiger partial charge in [0.05, 0.1) is 0 Å². The normalized spacial score (nSPS) is 16.6. The van der Waals surface area contributed by atoms with E-state index in [-0.39, 0.29) is 0 Å². The molecule has 2 unspecified atom stereocenters. The molecular weight excluding hydrogens is 124 g/mol. The second-order valence-corrected chi connectivity index (χ2v) is 2.81. The van der Waals surface area contributed by atoms with Crippen LogP contribution in [0, 0.1) is 12.3 Å². The summed E-state index contributed by atoms with van der Waals surface area (Å²) in [4.78, 5) is 0. The van der Waals surface area contributed by atoms with Gasteiger partial charge in [0, 0.05) is 11.7 Å². The van der Waals surface area contributed by atoms with Crippen LogP contribution in [0.1, 0.15) is 13.3 Å². The van der Waals surface area contributed by atoms with Crippen LogP contribution in [0.25, 0.3) is 0 Å². The summed E-state index contributed by atoms with van der Waals surface area (Å²) in [6, 6.07) is 0. The van der Waals surface area contributed by atoms with Gasteiger partial charge in [0.15, 0.2) is 0 Å². The summed E-state index contributed by atoms with van der Waals surface area (Å²) < 4.78 is 20.0. The Labute approximate surface area is 51.6 Å². The maximum absolute atomic E-state index is 9.99. The largest absolute Gasteiger partial charge is 0.772 e. The molecule has 0 heterocycles. The van der Waals surface area contributed by atoms with Crippen molar-refractivity contribution >= 4 is 11.1 Å². The molecule has 0 aliphatic carbocycles. The molecule has 0 amide bonds. The highest BCUT2D eigenvalue weighted by Gasteiger charge is 1.95. The van der Waals surface area contributed by atoms with Gasteiger partial charge in [-0.05, 0) is 0 Å².